The maximum atomic E-state index is 11.8. The molecule has 2 aromatic rings. The van der Waals surface area contributed by atoms with Crippen molar-refractivity contribution in [2.75, 3.05) is 0 Å². The monoisotopic (exact) mass is 234 g/mol. The second-order valence-corrected chi connectivity index (χ2v) is 3.59. The summed E-state index contributed by atoms with van der Waals surface area (Å²) < 4.78 is 5.03. The number of halogens is 1. The summed E-state index contributed by atoms with van der Waals surface area (Å²) in [4.78, 5) is 22.2. The molecule has 2 rings (SSSR count). The Bertz CT molecular complexity index is 525. The normalized spacial score (nSPS) is 10.1. The number of hydrogen-bond donors (Lipinski definition) is 0. The van der Waals surface area contributed by atoms with Crippen molar-refractivity contribution in [3.05, 3.63) is 58.5 Å². The van der Waals surface area contributed by atoms with E-state index in [4.69, 9.17) is 16.0 Å². The van der Waals surface area contributed by atoms with Gasteiger partial charge in [0.15, 0.2) is 17.8 Å². The second-order valence-electron chi connectivity index (χ2n) is 3.16. The molecule has 0 spiro atoms. The molecular weight excluding hydrogens is 228 g/mol. The van der Waals surface area contributed by atoms with Gasteiger partial charge in [-0.05, 0) is 36.4 Å². The van der Waals surface area contributed by atoms with E-state index >= 15 is 0 Å². The smallest absolute Gasteiger partial charge is 0.228 e. The maximum absolute atomic E-state index is 11.8. The molecule has 0 aliphatic carbocycles. The van der Waals surface area contributed by atoms with Crippen LogP contribution in [0.15, 0.2) is 40.8 Å². The number of carbonyl (C=O) groups excluding carboxylic acids is 2. The lowest BCUT2D eigenvalue weighted by molar-refractivity contribution is 0.100. The van der Waals surface area contributed by atoms with Gasteiger partial charge in [0.05, 0.1) is 0 Å². The van der Waals surface area contributed by atoms with E-state index in [0.717, 1.165) is 0 Å². The zero-order valence-electron chi connectivity index (χ0n) is 8.14. The van der Waals surface area contributed by atoms with Crippen LogP contribution in [-0.4, -0.2) is 12.1 Å². The molecule has 0 radical (unpaired) electrons. The Hall–Kier alpha value is -1.87. The predicted molar refractivity (Wildman–Crippen MR) is 59.0 cm³/mol. The summed E-state index contributed by atoms with van der Waals surface area (Å²) in [6.45, 7) is 0. The van der Waals surface area contributed by atoms with Crippen LogP contribution in [-0.2, 0) is 0 Å². The van der Waals surface area contributed by atoms with Gasteiger partial charge in [-0.1, -0.05) is 11.6 Å². The van der Waals surface area contributed by atoms with Gasteiger partial charge in [0, 0.05) is 10.6 Å². The quantitative estimate of drug-likeness (QED) is 0.606. The number of benzene rings is 1. The third kappa shape index (κ3) is 2.04. The molecule has 1 aromatic heterocycles. The molecular formula is C12H7ClO3. The number of hydrogen-bond acceptors (Lipinski definition) is 3. The fourth-order valence-corrected chi connectivity index (χ4v) is 1.41. The van der Waals surface area contributed by atoms with Crippen LogP contribution in [0, 0.1) is 0 Å². The molecule has 0 saturated heterocycles. The third-order valence-corrected chi connectivity index (χ3v) is 2.33. The number of carbonyl (C=O) groups is 2. The van der Waals surface area contributed by atoms with E-state index < -0.39 is 0 Å². The minimum atomic E-state index is -0.273. The molecule has 0 N–H and O–H groups in total. The van der Waals surface area contributed by atoms with Gasteiger partial charge in [-0.15, -0.1) is 0 Å². The van der Waals surface area contributed by atoms with Crippen LogP contribution in [0.25, 0.3) is 0 Å². The van der Waals surface area contributed by atoms with Gasteiger partial charge in [-0.2, -0.15) is 0 Å². The van der Waals surface area contributed by atoms with Crippen LogP contribution >= 0.6 is 11.6 Å². The Morgan fingerprint density at radius 3 is 2.38 bits per heavy atom. The van der Waals surface area contributed by atoms with E-state index in [9.17, 15) is 9.59 Å². The topological polar surface area (TPSA) is 47.3 Å². The Morgan fingerprint density at radius 2 is 1.81 bits per heavy atom. The average molecular weight is 235 g/mol. The molecule has 1 aromatic carbocycles. The summed E-state index contributed by atoms with van der Waals surface area (Å²) in [5, 5.41) is 0.560. The van der Waals surface area contributed by atoms with Gasteiger partial charge in [0.25, 0.3) is 0 Å². The number of aldehydes is 1. The lowest BCUT2D eigenvalue weighted by atomic mass is 10.1. The summed E-state index contributed by atoms with van der Waals surface area (Å²) in [5.74, 6) is 0.00602. The summed E-state index contributed by atoms with van der Waals surface area (Å²) in [6.07, 6.45) is 0.554. The van der Waals surface area contributed by atoms with Gasteiger partial charge in [0.1, 0.15) is 0 Å². The second kappa shape index (κ2) is 4.33. The Morgan fingerprint density at radius 1 is 1.12 bits per heavy atom. The van der Waals surface area contributed by atoms with E-state index in [1.165, 1.54) is 12.1 Å². The fraction of sp³-hybridized carbons (Fsp3) is 0. The van der Waals surface area contributed by atoms with Gasteiger partial charge in [-0.25, -0.2) is 0 Å². The molecule has 0 amide bonds. The molecule has 1 heterocycles. The summed E-state index contributed by atoms with van der Waals surface area (Å²) in [7, 11) is 0. The Balaban J connectivity index is 2.31. The lowest BCUT2D eigenvalue weighted by Gasteiger charge is -1.97. The third-order valence-electron chi connectivity index (χ3n) is 2.07. The molecule has 3 nitrogen and oxygen atoms in total. The van der Waals surface area contributed by atoms with E-state index in [1.807, 2.05) is 0 Å². The maximum Gasteiger partial charge on any atom is 0.228 e. The average Bonchev–Trinajstić information content (AvgIpc) is 2.77. The molecule has 0 aliphatic heterocycles. The summed E-state index contributed by atoms with van der Waals surface area (Å²) in [5.41, 5.74) is 0.469. The minimum absolute atomic E-state index is 0.136. The SMILES string of the molecule is O=Cc1ccc(C(=O)c2ccc(Cl)cc2)o1. The van der Waals surface area contributed by atoms with Gasteiger partial charge >= 0.3 is 0 Å². The Kier molecular flexibility index (Phi) is 2.88. The van der Waals surface area contributed by atoms with E-state index in [2.05, 4.69) is 0 Å². The van der Waals surface area contributed by atoms with Crippen LogP contribution in [0.5, 0.6) is 0 Å². The zero-order chi connectivity index (χ0) is 11.5. The molecule has 0 atom stereocenters. The Labute approximate surface area is 96.6 Å². The van der Waals surface area contributed by atoms with E-state index in [-0.39, 0.29) is 17.3 Å². The van der Waals surface area contributed by atoms with Gasteiger partial charge in [0.2, 0.25) is 5.78 Å². The van der Waals surface area contributed by atoms with Crippen LogP contribution in [0.3, 0.4) is 0 Å². The van der Waals surface area contributed by atoms with Crippen LogP contribution < -0.4 is 0 Å². The van der Waals surface area contributed by atoms with Crippen molar-refractivity contribution < 1.29 is 14.0 Å². The molecule has 0 aliphatic rings. The molecule has 0 unspecified atom stereocenters. The van der Waals surface area contributed by atoms with Crippen molar-refractivity contribution in [2.24, 2.45) is 0 Å². The van der Waals surface area contributed by atoms with Crippen LogP contribution in [0.4, 0.5) is 0 Å². The largest absolute Gasteiger partial charge is 0.450 e. The van der Waals surface area contributed by atoms with E-state index in [0.29, 0.717) is 16.9 Å². The molecule has 80 valence electrons. The van der Waals surface area contributed by atoms with Crippen molar-refractivity contribution in [1.29, 1.82) is 0 Å². The highest BCUT2D eigenvalue weighted by Gasteiger charge is 2.13. The highest BCUT2D eigenvalue weighted by Crippen LogP contribution is 2.15. The molecule has 4 heteroatoms. The number of rotatable bonds is 3. The minimum Gasteiger partial charge on any atom is -0.450 e. The van der Waals surface area contributed by atoms with Gasteiger partial charge in [-0.3, -0.25) is 9.59 Å². The molecule has 16 heavy (non-hydrogen) atoms. The van der Waals surface area contributed by atoms with Crippen LogP contribution in [0.2, 0.25) is 5.02 Å². The zero-order valence-corrected chi connectivity index (χ0v) is 8.90. The lowest BCUT2D eigenvalue weighted by Crippen LogP contribution is -1.98. The van der Waals surface area contributed by atoms with Crippen molar-refractivity contribution in [3.63, 3.8) is 0 Å². The highest BCUT2D eigenvalue weighted by molar-refractivity contribution is 6.30. The first-order chi connectivity index (χ1) is 7.70. The first-order valence-corrected chi connectivity index (χ1v) is 4.94. The van der Waals surface area contributed by atoms with Crippen molar-refractivity contribution in [2.45, 2.75) is 0 Å². The van der Waals surface area contributed by atoms with Crippen molar-refractivity contribution in [1.82, 2.24) is 0 Å². The summed E-state index contributed by atoms with van der Waals surface area (Å²) in [6, 6.07) is 9.38. The van der Waals surface area contributed by atoms with Crippen molar-refractivity contribution in [3.8, 4) is 0 Å². The first-order valence-electron chi connectivity index (χ1n) is 4.56. The van der Waals surface area contributed by atoms with E-state index in [1.54, 1.807) is 24.3 Å². The number of ketones is 1. The summed E-state index contributed by atoms with van der Waals surface area (Å²) >= 11 is 5.71. The standard InChI is InChI=1S/C12H7ClO3/c13-9-3-1-8(2-4-9)12(15)11-6-5-10(7-14)16-11/h1-7H. The number of furan rings is 1. The predicted octanol–water partition coefficient (Wildman–Crippen LogP) is 2.98. The van der Waals surface area contributed by atoms with Crippen molar-refractivity contribution >= 4 is 23.7 Å². The molecule has 0 bridgehead atoms. The van der Waals surface area contributed by atoms with Gasteiger partial charge < -0.3 is 4.42 Å². The fourth-order valence-electron chi connectivity index (χ4n) is 1.28. The van der Waals surface area contributed by atoms with Crippen LogP contribution in [0.1, 0.15) is 26.7 Å². The molecule has 0 fully saturated rings. The molecule has 0 saturated carbocycles. The first kappa shape index (κ1) is 10.6. The highest BCUT2D eigenvalue weighted by atomic mass is 35.5.